The van der Waals surface area contributed by atoms with Gasteiger partial charge in [-0.3, -0.25) is 0 Å². The third-order valence-electron chi connectivity index (χ3n) is 7.34. The molecule has 0 radical (unpaired) electrons. The van der Waals surface area contributed by atoms with Crippen molar-refractivity contribution >= 4 is 34.7 Å². The number of ether oxygens (including phenoxy) is 2. The molecule has 0 bridgehead atoms. The minimum absolute atomic E-state index is 0.157. The molecule has 6 rings (SSSR count). The van der Waals surface area contributed by atoms with Crippen LogP contribution in [0, 0.1) is 0 Å². The van der Waals surface area contributed by atoms with E-state index in [9.17, 15) is 24.1 Å². The van der Waals surface area contributed by atoms with Gasteiger partial charge in [-0.2, -0.15) is 5.10 Å². The Morgan fingerprint density at radius 2 is 1.38 bits per heavy atom. The van der Waals surface area contributed by atoms with E-state index < -0.39 is 61.2 Å². The van der Waals surface area contributed by atoms with Crippen LogP contribution in [0.15, 0.2) is 23.9 Å². The summed E-state index contributed by atoms with van der Waals surface area (Å²) in [5.74, 6) is 0.326. The fourth-order valence-corrected chi connectivity index (χ4v) is 5.35. The van der Waals surface area contributed by atoms with Crippen molar-refractivity contribution in [1.29, 1.82) is 0 Å². The zero-order valence-electron chi connectivity index (χ0n) is 22.6. The number of anilines is 2. The number of hydrogen-bond donors (Lipinski definition) is 6. The van der Waals surface area contributed by atoms with Gasteiger partial charge in [0.25, 0.3) is 0 Å². The van der Waals surface area contributed by atoms with E-state index in [0.717, 1.165) is 0 Å². The van der Waals surface area contributed by atoms with Gasteiger partial charge in [0.05, 0.1) is 37.0 Å². The number of nitrogens with two attached hydrogens (primary N) is 2. The lowest BCUT2D eigenvalue weighted by Gasteiger charge is -2.23. The molecule has 8 N–H and O–H groups in total. The van der Waals surface area contributed by atoms with Crippen molar-refractivity contribution in [3.05, 3.63) is 30.1 Å². The van der Waals surface area contributed by atoms with Crippen LogP contribution in [0.4, 0.5) is 20.4 Å². The van der Waals surface area contributed by atoms with Crippen molar-refractivity contribution in [2.45, 2.75) is 67.0 Å². The summed E-state index contributed by atoms with van der Waals surface area (Å²) in [5, 5.41) is 46.8. The molecule has 4 aromatic heterocycles. The number of aromatic nitrogens is 8. The molecule has 2 saturated heterocycles. The van der Waals surface area contributed by atoms with Crippen LogP contribution in [0.5, 0.6) is 0 Å². The Bertz CT molecular complexity index is 1590. The fourth-order valence-electron chi connectivity index (χ4n) is 5.00. The van der Waals surface area contributed by atoms with Crippen LogP contribution >= 0.6 is 11.8 Å². The monoisotopic (exact) mass is 612 g/mol. The van der Waals surface area contributed by atoms with Crippen molar-refractivity contribution < 1.29 is 38.7 Å². The molecule has 6 heterocycles. The molecule has 4 aromatic rings. The molecule has 8 atom stereocenters. The lowest BCUT2D eigenvalue weighted by Crippen LogP contribution is -2.39. The number of fused-ring (bicyclic) bond motifs is 2. The lowest BCUT2D eigenvalue weighted by atomic mass is 9.93. The molecule has 2 aliphatic rings. The Hall–Kier alpha value is -3.33. The van der Waals surface area contributed by atoms with Crippen molar-refractivity contribution in [2.24, 2.45) is 0 Å². The fraction of sp³-hybridized carbons (Fsp3) is 0.565. The third-order valence-corrected chi connectivity index (χ3v) is 7.88. The van der Waals surface area contributed by atoms with Crippen LogP contribution in [0.2, 0.25) is 0 Å². The van der Waals surface area contributed by atoms with E-state index >= 15 is 0 Å². The standard InChI is InChI=1S/C12H16FN5O3S.C11H14FN5O3/c1-12(13)7(20)6(4-19)21-8(12)5-3-15-10-9(14)16-11(22-2)17-18(5)10;1-11(12)7(19)6(3-18)20-8(11)5-2-14-10-9(13)15-4-16-17(5)10/h3,6-8,19-20H,4H2,1-2H3,(H2,14,16,17);2,4,6-8,18-19H,3H2,1H3,(H2,13,15,16)/t6-,7-,8+,12-;6-,7-,8+,11-/m11/s1. The molecule has 0 aliphatic carbocycles. The zero-order chi connectivity index (χ0) is 30.6. The van der Waals surface area contributed by atoms with Crippen molar-refractivity contribution in [1.82, 2.24) is 39.2 Å². The van der Waals surface area contributed by atoms with Gasteiger partial charge in [-0.1, -0.05) is 11.8 Å². The van der Waals surface area contributed by atoms with Gasteiger partial charge in [0, 0.05) is 0 Å². The number of halogens is 2. The second-order valence-corrected chi connectivity index (χ2v) is 10.9. The molecule has 0 unspecified atom stereocenters. The second-order valence-electron chi connectivity index (χ2n) is 10.1. The Morgan fingerprint density at radius 3 is 1.86 bits per heavy atom. The number of aliphatic hydroxyl groups excluding tert-OH is 4. The summed E-state index contributed by atoms with van der Waals surface area (Å²) < 4.78 is 43.1. The topological polar surface area (TPSA) is 238 Å². The summed E-state index contributed by atoms with van der Waals surface area (Å²) in [7, 11) is 0. The predicted molar refractivity (Wildman–Crippen MR) is 143 cm³/mol. The van der Waals surface area contributed by atoms with Crippen LogP contribution in [0.25, 0.3) is 11.3 Å². The van der Waals surface area contributed by atoms with Gasteiger partial charge in [-0.25, -0.2) is 37.7 Å². The number of nitrogens with zero attached hydrogens (tertiary/aromatic N) is 8. The first kappa shape index (κ1) is 30.1. The largest absolute Gasteiger partial charge is 0.394 e. The minimum Gasteiger partial charge on any atom is -0.394 e. The summed E-state index contributed by atoms with van der Waals surface area (Å²) in [6.45, 7) is 1.46. The average Bonchev–Trinajstić information content (AvgIpc) is 3.69. The van der Waals surface area contributed by atoms with Gasteiger partial charge in [-0.15, -0.1) is 5.10 Å². The molecular weight excluding hydrogens is 582 g/mol. The van der Waals surface area contributed by atoms with Crippen molar-refractivity contribution in [3.8, 4) is 0 Å². The van der Waals surface area contributed by atoms with Crippen LogP contribution in [-0.4, -0.2) is 115 Å². The highest BCUT2D eigenvalue weighted by Crippen LogP contribution is 2.45. The van der Waals surface area contributed by atoms with Gasteiger partial charge < -0.3 is 41.4 Å². The van der Waals surface area contributed by atoms with Crippen LogP contribution < -0.4 is 11.5 Å². The van der Waals surface area contributed by atoms with Gasteiger partial charge >= 0.3 is 0 Å². The van der Waals surface area contributed by atoms with Crippen molar-refractivity contribution in [3.63, 3.8) is 0 Å². The highest BCUT2D eigenvalue weighted by molar-refractivity contribution is 7.98. The summed E-state index contributed by atoms with van der Waals surface area (Å²) >= 11 is 1.28. The van der Waals surface area contributed by atoms with E-state index in [4.69, 9.17) is 26.0 Å². The number of alkyl halides is 2. The number of rotatable bonds is 5. The normalized spacial score (nSPS) is 32.9. The van der Waals surface area contributed by atoms with Crippen LogP contribution in [0.1, 0.15) is 37.4 Å². The Morgan fingerprint density at radius 1 is 0.881 bits per heavy atom. The summed E-state index contributed by atoms with van der Waals surface area (Å²) in [6.07, 6.45) is -1.38. The van der Waals surface area contributed by atoms with Gasteiger partial charge in [0.2, 0.25) is 5.16 Å². The van der Waals surface area contributed by atoms with Gasteiger partial charge in [-0.05, 0) is 20.1 Å². The Balaban J connectivity index is 0.000000169. The molecule has 42 heavy (non-hydrogen) atoms. The Kier molecular flexibility index (Phi) is 7.94. The maximum absolute atomic E-state index is 14.9. The Labute approximate surface area is 240 Å². The molecule has 19 heteroatoms. The van der Waals surface area contributed by atoms with E-state index in [1.54, 1.807) is 6.26 Å². The molecule has 2 aliphatic heterocycles. The first-order valence-electron chi connectivity index (χ1n) is 12.6. The smallest absolute Gasteiger partial charge is 0.209 e. The zero-order valence-corrected chi connectivity index (χ0v) is 23.4. The van der Waals surface area contributed by atoms with E-state index in [1.165, 1.54) is 53.4 Å². The maximum atomic E-state index is 14.9. The molecule has 0 amide bonds. The van der Waals surface area contributed by atoms with Crippen LogP contribution in [-0.2, 0) is 9.47 Å². The van der Waals surface area contributed by atoms with Crippen LogP contribution in [0.3, 0.4) is 0 Å². The molecule has 0 aromatic carbocycles. The third kappa shape index (κ3) is 4.79. The highest BCUT2D eigenvalue weighted by atomic mass is 32.2. The maximum Gasteiger partial charge on any atom is 0.209 e. The first-order chi connectivity index (χ1) is 19.9. The molecule has 228 valence electrons. The molecule has 0 saturated carbocycles. The quantitative estimate of drug-likeness (QED) is 0.151. The lowest BCUT2D eigenvalue weighted by molar-refractivity contribution is -0.0249. The van der Waals surface area contributed by atoms with Crippen molar-refractivity contribution in [2.75, 3.05) is 30.9 Å². The van der Waals surface area contributed by atoms with Gasteiger partial charge in [0.15, 0.2) is 34.3 Å². The SMILES string of the molecule is CSc1nc(N)c2ncc([C@@H]3O[C@H](CO)[C@@H](O)[C@@]3(C)F)n2n1.C[C@@]1(F)[C@H](O)[C@@H](CO)O[C@H]1c1cnc2c(N)ncnn12. The van der Waals surface area contributed by atoms with E-state index in [-0.39, 0.29) is 22.9 Å². The van der Waals surface area contributed by atoms with Gasteiger partial charge in [0.1, 0.15) is 43.0 Å². The number of aliphatic hydroxyl groups is 4. The van der Waals surface area contributed by atoms with E-state index in [0.29, 0.717) is 16.5 Å². The predicted octanol–water partition coefficient (Wildman–Crippen LogP) is -0.822. The summed E-state index contributed by atoms with van der Waals surface area (Å²) in [4.78, 5) is 16.0. The molecule has 0 spiro atoms. The molecule has 2 fully saturated rings. The second kappa shape index (κ2) is 11.1. The number of thioether (sulfide) groups is 1. The minimum atomic E-state index is -2.09. The van der Waals surface area contributed by atoms with E-state index in [1.807, 2.05) is 0 Å². The summed E-state index contributed by atoms with van der Waals surface area (Å²) in [5.41, 5.74) is 8.48. The highest BCUT2D eigenvalue weighted by Gasteiger charge is 2.56. The molecule has 16 nitrogen and oxygen atoms in total. The average molecular weight is 613 g/mol. The molecular formula is C23H30F2N10O6S. The number of imidazole rings is 2. The van der Waals surface area contributed by atoms with E-state index in [2.05, 4.69) is 30.1 Å². The first-order valence-corrected chi connectivity index (χ1v) is 13.8. The number of hydrogen-bond acceptors (Lipinski definition) is 15. The number of nitrogen functional groups attached to an aromatic ring is 2. The summed E-state index contributed by atoms with van der Waals surface area (Å²) in [6, 6.07) is 0.